The van der Waals surface area contributed by atoms with Gasteiger partial charge in [-0.1, -0.05) is 55.5 Å². The zero-order valence-corrected chi connectivity index (χ0v) is 13.0. The minimum absolute atomic E-state index is 0.693. The maximum atomic E-state index is 2.39. The summed E-state index contributed by atoms with van der Waals surface area (Å²) in [7, 11) is 0. The summed E-state index contributed by atoms with van der Waals surface area (Å²) in [5, 5.41) is 2.77. The van der Waals surface area contributed by atoms with Crippen LogP contribution in [0.15, 0.2) is 66.3 Å². The fraction of sp³-hybridized carbons (Fsp3) is 0.200. The molecule has 0 aliphatic heterocycles. The van der Waals surface area contributed by atoms with Gasteiger partial charge >= 0.3 is 0 Å². The van der Waals surface area contributed by atoms with Crippen molar-refractivity contribution in [2.24, 2.45) is 5.92 Å². The zero-order chi connectivity index (χ0) is 14.2. The van der Waals surface area contributed by atoms with Crippen LogP contribution >= 0.6 is 11.3 Å². The third kappa shape index (κ3) is 2.43. The molecule has 0 radical (unpaired) electrons. The van der Waals surface area contributed by atoms with Gasteiger partial charge in [-0.15, -0.1) is 11.3 Å². The van der Waals surface area contributed by atoms with E-state index in [1.54, 1.807) is 0 Å². The second-order valence-electron chi connectivity index (χ2n) is 5.96. The average Bonchev–Trinajstić information content (AvgIpc) is 2.87. The molecule has 1 aliphatic rings. The Labute approximate surface area is 129 Å². The van der Waals surface area contributed by atoms with Gasteiger partial charge in [0.2, 0.25) is 0 Å². The number of allylic oxidation sites excluding steroid dienone is 4. The fourth-order valence-corrected chi connectivity index (χ4v) is 4.19. The summed E-state index contributed by atoms with van der Waals surface area (Å²) in [6.45, 7) is 2.27. The average molecular weight is 290 g/mol. The van der Waals surface area contributed by atoms with E-state index in [4.69, 9.17) is 0 Å². The van der Waals surface area contributed by atoms with Crippen molar-refractivity contribution >= 4 is 31.5 Å². The van der Waals surface area contributed by atoms with Crippen LogP contribution in [0, 0.1) is 5.92 Å². The van der Waals surface area contributed by atoms with Gasteiger partial charge in [-0.05, 0) is 42.0 Å². The third-order valence-electron chi connectivity index (χ3n) is 4.24. The van der Waals surface area contributed by atoms with Crippen LogP contribution in [-0.4, -0.2) is 0 Å². The van der Waals surface area contributed by atoms with E-state index in [0.717, 1.165) is 6.42 Å². The molecule has 104 valence electrons. The molecular weight excluding hydrogens is 272 g/mol. The minimum atomic E-state index is 0.693. The van der Waals surface area contributed by atoms with Crippen LogP contribution in [0.25, 0.3) is 20.2 Å². The smallest absolute Gasteiger partial charge is 0.0358 e. The summed E-state index contributed by atoms with van der Waals surface area (Å²) in [5.41, 5.74) is 2.87. The van der Waals surface area contributed by atoms with E-state index in [2.05, 4.69) is 67.6 Å². The molecule has 0 saturated carbocycles. The van der Waals surface area contributed by atoms with E-state index in [1.807, 2.05) is 11.3 Å². The first-order chi connectivity index (χ1) is 10.3. The predicted molar refractivity (Wildman–Crippen MR) is 94.0 cm³/mol. The summed E-state index contributed by atoms with van der Waals surface area (Å²) < 4.78 is 2.79. The molecule has 4 rings (SSSR count). The number of thiophene rings is 1. The number of benzene rings is 2. The highest BCUT2D eigenvalue weighted by atomic mass is 32.1. The summed E-state index contributed by atoms with van der Waals surface area (Å²) >= 11 is 1.90. The molecule has 21 heavy (non-hydrogen) atoms. The van der Waals surface area contributed by atoms with Crippen molar-refractivity contribution in [1.82, 2.24) is 0 Å². The van der Waals surface area contributed by atoms with Crippen LogP contribution in [0.1, 0.15) is 18.9 Å². The topological polar surface area (TPSA) is 0 Å². The molecule has 0 spiro atoms. The Hall–Kier alpha value is -1.86. The maximum Gasteiger partial charge on any atom is 0.0358 e. The molecule has 1 heteroatoms. The zero-order valence-electron chi connectivity index (χ0n) is 12.2. The Morgan fingerprint density at radius 1 is 1.05 bits per heavy atom. The molecule has 3 aromatic rings. The third-order valence-corrected chi connectivity index (χ3v) is 5.38. The van der Waals surface area contributed by atoms with Crippen molar-refractivity contribution < 1.29 is 0 Å². The van der Waals surface area contributed by atoms with Gasteiger partial charge in [0.1, 0.15) is 0 Å². The molecule has 1 atom stereocenters. The van der Waals surface area contributed by atoms with E-state index >= 15 is 0 Å². The van der Waals surface area contributed by atoms with Crippen molar-refractivity contribution in [2.45, 2.75) is 19.8 Å². The summed E-state index contributed by atoms with van der Waals surface area (Å²) in [6, 6.07) is 15.6. The summed E-state index contributed by atoms with van der Waals surface area (Å²) in [6.07, 6.45) is 9.24. The number of hydrogen-bond acceptors (Lipinski definition) is 1. The molecule has 0 fully saturated rings. The van der Waals surface area contributed by atoms with Gasteiger partial charge in [0.25, 0.3) is 0 Å². The molecule has 1 aromatic heterocycles. The first kappa shape index (κ1) is 12.8. The van der Waals surface area contributed by atoms with Crippen molar-refractivity contribution in [1.29, 1.82) is 0 Å². The van der Waals surface area contributed by atoms with Gasteiger partial charge in [0.15, 0.2) is 0 Å². The van der Waals surface area contributed by atoms with E-state index in [9.17, 15) is 0 Å². The van der Waals surface area contributed by atoms with Crippen LogP contribution < -0.4 is 0 Å². The van der Waals surface area contributed by atoms with Gasteiger partial charge in [-0.3, -0.25) is 0 Å². The normalized spacial score (nSPS) is 18.3. The highest BCUT2D eigenvalue weighted by molar-refractivity contribution is 7.25. The standard InChI is InChI=1S/C20H18S/c1-14-6-8-15(9-7-14)12-16-10-11-18-17-4-2-3-5-19(17)21-20(18)13-16/h2-6,8-11,13-14H,7,12H2,1H3. The lowest BCUT2D eigenvalue weighted by atomic mass is 9.94. The largest absolute Gasteiger partial charge is 0.135 e. The molecule has 0 bridgehead atoms. The molecule has 0 nitrogen and oxygen atoms in total. The van der Waals surface area contributed by atoms with E-state index in [1.165, 1.54) is 37.7 Å². The second-order valence-corrected chi connectivity index (χ2v) is 7.04. The van der Waals surface area contributed by atoms with Gasteiger partial charge < -0.3 is 0 Å². The first-order valence-corrected chi connectivity index (χ1v) is 8.39. The first-order valence-electron chi connectivity index (χ1n) is 7.57. The fourth-order valence-electron chi connectivity index (χ4n) is 3.02. The van der Waals surface area contributed by atoms with Crippen molar-refractivity contribution in [3.05, 3.63) is 71.8 Å². The molecule has 1 aliphatic carbocycles. The highest BCUT2D eigenvalue weighted by Crippen LogP contribution is 2.34. The number of fused-ring (bicyclic) bond motifs is 3. The lowest BCUT2D eigenvalue weighted by molar-refractivity contribution is 0.728. The summed E-state index contributed by atoms with van der Waals surface area (Å²) in [4.78, 5) is 0. The van der Waals surface area contributed by atoms with Crippen LogP contribution in [0.2, 0.25) is 0 Å². The predicted octanol–water partition coefficient (Wildman–Crippen LogP) is 6.12. The number of hydrogen-bond donors (Lipinski definition) is 0. The lowest BCUT2D eigenvalue weighted by Crippen LogP contribution is -1.97. The van der Waals surface area contributed by atoms with Crippen LogP contribution in [-0.2, 0) is 6.42 Å². The van der Waals surface area contributed by atoms with Crippen LogP contribution in [0.3, 0.4) is 0 Å². The van der Waals surface area contributed by atoms with Crippen LogP contribution in [0.5, 0.6) is 0 Å². The van der Waals surface area contributed by atoms with E-state index < -0.39 is 0 Å². The maximum absolute atomic E-state index is 2.39. The Bertz CT molecular complexity index is 864. The van der Waals surface area contributed by atoms with Crippen molar-refractivity contribution in [3.8, 4) is 0 Å². The number of rotatable bonds is 2. The molecule has 0 amide bonds. The van der Waals surface area contributed by atoms with Gasteiger partial charge in [-0.25, -0.2) is 0 Å². The molecule has 1 unspecified atom stereocenters. The van der Waals surface area contributed by atoms with E-state index in [0.29, 0.717) is 5.92 Å². The Morgan fingerprint density at radius 2 is 1.90 bits per heavy atom. The monoisotopic (exact) mass is 290 g/mol. The Balaban J connectivity index is 1.71. The van der Waals surface area contributed by atoms with Gasteiger partial charge in [-0.2, -0.15) is 0 Å². The van der Waals surface area contributed by atoms with Crippen LogP contribution in [0.4, 0.5) is 0 Å². The SMILES string of the molecule is CC1C=CC(Cc2ccc3c(c2)sc2ccccc23)=CC1. The minimum Gasteiger partial charge on any atom is -0.135 e. The highest BCUT2D eigenvalue weighted by Gasteiger charge is 2.07. The Kier molecular flexibility index (Phi) is 3.16. The summed E-state index contributed by atoms with van der Waals surface area (Å²) in [5.74, 6) is 0.693. The molecular formula is C20H18S. The molecule has 0 N–H and O–H groups in total. The van der Waals surface area contributed by atoms with Crippen molar-refractivity contribution in [3.63, 3.8) is 0 Å². The van der Waals surface area contributed by atoms with Crippen molar-refractivity contribution in [2.75, 3.05) is 0 Å². The lowest BCUT2D eigenvalue weighted by Gasteiger charge is -2.11. The molecule has 0 saturated heterocycles. The van der Waals surface area contributed by atoms with Gasteiger partial charge in [0.05, 0.1) is 0 Å². The molecule has 1 heterocycles. The van der Waals surface area contributed by atoms with E-state index in [-0.39, 0.29) is 0 Å². The quantitative estimate of drug-likeness (QED) is 0.533. The van der Waals surface area contributed by atoms with Gasteiger partial charge in [0, 0.05) is 20.2 Å². The second kappa shape index (κ2) is 5.16. The Morgan fingerprint density at radius 3 is 2.76 bits per heavy atom. The molecule has 2 aromatic carbocycles.